The Kier molecular flexibility index (Phi) is 5.46. The van der Waals surface area contributed by atoms with Crippen LogP contribution >= 0.6 is 22.9 Å². The average Bonchev–Trinajstić information content (AvgIpc) is 2.95. The first-order valence-corrected chi connectivity index (χ1v) is 8.06. The lowest BCUT2D eigenvalue weighted by atomic mass is 10.1. The Morgan fingerprint density at radius 2 is 2.05 bits per heavy atom. The van der Waals surface area contributed by atoms with E-state index in [2.05, 4.69) is 31.3 Å². The summed E-state index contributed by atoms with van der Waals surface area (Å²) in [7, 11) is 1.64. The molecule has 0 amide bonds. The van der Waals surface area contributed by atoms with E-state index >= 15 is 0 Å². The second-order valence-electron chi connectivity index (χ2n) is 4.57. The van der Waals surface area contributed by atoms with Crippen molar-refractivity contribution in [3.63, 3.8) is 0 Å². The normalized spacial score (nSPS) is 12.4. The Balaban J connectivity index is 2.28. The minimum absolute atomic E-state index is 0.438. The molecule has 0 aliphatic carbocycles. The maximum atomic E-state index is 6.07. The average molecular weight is 310 g/mol. The summed E-state index contributed by atoms with van der Waals surface area (Å²) in [5.74, 6) is 0.720. The molecule has 108 valence electrons. The van der Waals surface area contributed by atoms with Crippen molar-refractivity contribution >= 4 is 22.9 Å². The van der Waals surface area contributed by atoms with Crippen molar-refractivity contribution in [2.75, 3.05) is 13.7 Å². The fourth-order valence-electron chi connectivity index (χ4n) is 2.20. The van der Waals surface area contributed by atoms with Crippen molar-refractivity contribution in [3.8, 4) is 16.2 Å². The van der Waals surface area contributed by atoms with Gasteiger partial charge in [-0.25, -0.2) is 0 Å². The van der Waals surface area contributed by atoms with E-state index in [4.69, 9.17) is 16.3 Å². The first kappa shape index (κ1) is 15.4. The summed E-state index contributed by atoms with van der Waals surface area (Å²) in [6.45, 7) is 5.33. The largest absolute Gasteiger partial charge is 0.495 e. The van der Waals surface area contributed by atoms with Gasteiger partial charge in [-0.05, 0) is 42.8 Å². The van der Waals surface area contributed by atoms with Crippen LogP contribution in [0.3, 0.4) is 0 Å². The maximum Gasteiger partial charge on any atom is 0.138 e. The Morgan fingerprint density at radius 3 is 2.70 bits per heavy atom. The third-order valence-electron chi connectivity index (χ3n) is 3.26. The summed E-state index contributed by atoms with van der Waals surface area (Å²) in [5, 5.41) is 4.16. The predicted octanol–water partition coefficient (Wildman–Crippen LogP) is 5.14. The maximum absolute atomic E-state index is 6.07. The summed E-state index contributed by atoms with van der Waals surface area (Å²) in [4.78, 5) is 2.62. The molecule has 2 rings (SSSR count). The Labute approximate surface area is 129 Å². The molecule has 0 spiro atoms. The molecule has 0 radical (unpaired) electrons. The zero-order valence-corrected chi connectivity index (χ0v) is 13.6. The Bertz CT molecular complexity index is 567. The lowest BCUT2D eigenvalue weighted by molar-refractivity contribution is 0.415. The quantitative estimate of drug-likeness (QED) is 0.798. The van der Waals surface area contributed by atoms with Crippen LogP contribution in [-0.4, -0.2) is 13.7 Å². The number of ether oxygens (including phenoxy) is 1. The van der Waals surface area contributed by atoms with Gasteiger partial charge in [-0.3, -0.25) is 0 Å². The van der Waals surface area contributed by atoms with E-state index in [1.165, 1.54) is 9.75 Å². The molecule has 20 heavy (non-hydrogen) atoms. The minimum Gasteiger partial charge on any atom is -0.495 e. The first-order chi connectivity index (χ1) is 9.69. The highest BCUT2D eigenvalue weighted by Gasteiger charge is 2.12. The number of hydrogen-bond donors (Lipinski definition) is 1. The van der Waals surface area contributed by atoms with Gasteiger partial charge in [-0.2, -0.15) is 0 Å². The van der Waals surface area contributed by atoms with E-state index in [1.807, 2.05) is 29.5 Å². The number of thiophene rings is 1. The third kappa shape index (κ3) is 3.35. The number of halogens is 1. The van der Waals surface area contributed by atoms with Gasteiger partial charge in [0.15, 0.2) is 0 Å². The van der Waals surface area contributed by atoms with Gasteiger partial charge in [-0.1, -0.05) is 31.5 Å². The molecule has 1 aromatic carbocycles. The molecule has 1 atom stereocenters. The molecule has 2 nitrogen and oxygen atoms in total. The van der Waals surface area contributed by atoms with Gasteiger partial charge in [0.05, 0.1) is 12.1 Å². The molecular weight excluding hydrogens is 290 g/mol. The topological polar surface area (TPSA) is 21.3 Å². The van der Waals surface area contributed by atoms with Gasteiger partial charge in [0.2, 0.25) is 0 Å². The molecule has 1 N–H and O–H groups in total. The van der Waals surface area contributed by atoms with E-state index in [0.29, 0.717) is 11.1 Å². The number of methoxy groups -OCH3 is 1. The van der Waals surface area contributed by atoms with Gasteiger partial charge < -0.3 is 10.1 Å². The highest BCUT2D eigenvalue weighted by Crippen LogP contribution is 2.36. The van der Waals surface area contributed by atoms with Crippen LogP contribution < -0.4 is 10.1 Å². The molecule has 4 heteroatoms. The molecule has 0 aliphatic heterocycles. The second-order valence-corrected chi connectivity index (χ2v) is 6.09. The fraction of sp³-hybridized carbons (Fsp3) is 0.375. The highest BCUT2D eigenvalue weighted by atomic mass is 35.5. The van der Waals surface area contributed by atoms with Gasteiger partial charge >= 0.3 is 0 Å². The van der Waals surface area contributed by atoms with Crippen molar-refractivity contribution in [1.82, 2.24) is 5.32 Å². The molecule has 1 unspecified atom stereocenters. The van der Waals surface area contributed by atoms with Crippen molar-refractivity contribution in [2.24, 2.45) is 0 Å². The summed E-state index contributed by atoms with van der Waals surface area (Å²) >= 11 is 7.89. The number of nitrogens with one attached hydrogen (secondary N) is 1. The van der Waals surface area contributed by atoms with Crippen LogP contribution in [0.15, 0.2) is 30.3 Å². The predicted molar refractivity (Wildman–Crippen MR) is 88.0 cm³/mol. The number of hydrogen-bond acceptors (Lipinski definition) is 3. The van der Waals surface area contributed by atoms with Crippen molar-refractivity contribution < 1.29 is 4.74 Å². The van der Waals surface area contributed by atoms with E-state index in [1.54, 1.807) is 7.11 Å². The van der Waals surface area contributed by atoms with E-state index in [0.717, 1.165) is 24.3 Å². The molecule has 1 aromatic heterocycles. The SMILES string of the molecule is CCNC(CC)c1ccc(-c2ccc(Cl)c(OC)c2)s1. The van der Waals surface area contributed by atoms with E-state index in [9.17, 15) is 0 Å². The van der Waals surface area contributed by atoms with Crippen molar-refractivity contribution in [3.05, 3.63) is 40.2 Å². The van der Waals surface area contributed by atoms with E-state index in [-0.39, 0.29) is 0 Å². The summed E-state index contributed by atoms with van der Waals surface area (Å²) in [5.41, 5.74) is 1.15. The molecule has 0 saturated heterocycles. The van der Waals surface area contributed by atoms with E-state index < -0.39 is 0 Å². The zero-order chi connectivity index (χ0) is 14.5. The molecule has 1 heterocycles. The summed E-state index contributed by atoms with van der Waals surface area (Å²) in [6.07, 6.45) is 1.09. The molecule has 0 aliphatic rings. The number of rotatable bonds is 6. The highest BCUT2D eigenvalue weighted by molar-refractivity contribution is 7.15. The van der Waals surface area contributed by atoms with Crippen LogP contribution in [0, 0.1) is 0 Å². The van der Waals surface area contributed by atoms with Gasteiger partial charge in [0.1, 0.15) is 5.75 Å². The third-order valence-corrected chi connectivity index (χ3v) is 4.82. The van der Waals surface area contributed by atoms with Crippen LogP contribution in [0.25, 0.3) is 10.4 Å². The standard InChI is InChI=1S/C16H20ClNOS/c1-4-13(18-5-2)16-9-8-15(20-16)11-6-7-12(17)14(10-11)19-3/h6-10,13,18H,4-5H2,1-3H3. The number of benzene rings is 1. The monoisotopic (exact) mass is 309 g/mol. The first-order valence-electron chi connectivity index (χ1n) is 6.86. The van der Waals surface area contributed by atoms with Crippen LogP contribution in [0.4, 0.5) is 0 Å². The fourth-order valence-corrected chi connectivity index (χ4v) is 3.56. The van der Waals surface area contributed by atoms with Crippen LogP contribution in [0.5, 0.6) is 5.75 Å². The van der Waals surface area contributed by atoms with Crippen LogP contribution in [0.2, 0.25) is 5.02 Å². The van der Waals surface area contributed by atoms with Crippen LogP contribution in [-0.2, 0) is 0 Å². The second kappa shape index (κ2) is 7.11. The smallest absolute Gasteiger partial charge is 0.138 e. The summed E-state index contributed by atoms with van der Waals surface area (Å²) in [6, 6.07) is 10.7. The molecule has 0 fully saturated rings. The lowest BCUT2D eigenvalue weighted by Gasteiger charge is -2.13. The van der Waals surface area contributed by atoms with Crippen molar-refractivity contribution in [2.45, 2.75) is 26.3 Å². The molecule has 0 saturated carbocycles. The zero-order valence-electron chi connectivity index (χ0n) is 12.1. The van der Waals surface area contributed by atoms with Gasteiger partial charge in [0.25, 0.3) is 0 Å². The molecular formula is C16H20ClNOS. The van der Waals surface area contributed by atoms with Gasteiger partial charge in [-0.15, -0.1) is 11.3 Å². The Morgan fingerprint density at radius 1 is 1.25 bits per heavy atom. The van der Waals surface area contributed by atoms with Crippen LogP contribution in [0.1, 0.15) is 31.2 Å². The van der Waals surface area contributed by atoms with Gasteiger partial charge in [0, 0.05) is 15.8 Å². The lowest BCUT2D eigenvalue weighted by Crippen LogP contribution is -2.18. The molecule has 2 aromatic rings. The summed E-state index contributed by atoms with van der Waals surface area (Å²) < 4.78 is 5.28. The molecule has 0 bridgehead atoms. The van der Waals surface area contributed by atoms with Crippen molar-refractivity contribution in [1.29, 1.82) is 0 Å². The Hall–Kier alpha value is -1.03. The minimum atomic E-state index is 0.438.